The van der Waals surface area contributed by atoms with Gasteiger partial charge in [-0.2, -0.15) is 4.31 Å². The first-order valence-corrected chi connectivity index (χ1v) is 8.46. The topological polar surface area (TPSA) is 66.5 Å². The van der Waals surface area contributed by atoms with Crippen LogP contribution in [0.3, 0.4) is 0 Å². The number of hydrogen-bond acceptors (Lipinski definition) is 3. The number of amides is 1. The van der Waals surface area contributed by atoms with Gasteiger partial charge in [0.05, 0.1) is 12.8 Å². The highest BCUT2D eigenvalue weighted by atomic mass is 32.2. The number of sulfonamides is 1. The van der Waals surface area contributed by atoms with Gasteiger partial charge in [-0.15, -0.1) is 0 Å². The third-order valence-electron chi connectivity index (χ3n) is 3.01. The third kappa shape index (κ3) is 5.71. The zero-order chi connectivity index (χ0) is 15.2. The summed E-state index contributed by atoms with van der Waals surface area (Å²) in [6.07, 6.45) is 1.93. The van der Waals surface area contributed by atoms with Gasteiger partial charge in [0.15, 0.2) is 0 Å². The molecule has 6 heteroatoms. The third-order valence-corrected chi connectivity index (χ3v) is 4.21. The molecule has 1 N–H and O–H groups in total. The van der Waals surface area contributed by atoms with E-state index in [-0.39, 0.29) is 25.0 Å². The number of hydrogen-bond donors (Lipinski definition) is 1. The van der Waals surface area contributed by atoms with Gasteiger partial charge in [-0.25, -0.2) is 8.42 Å². The molecule has 0 aliphatic carbocycles. The summed E-state index contributed by atoms with van der Waals surface area (Å²) in [4.78, 5) is 11.8. The molecule has 0 bridgehead atoms. The van der Waals surface area contributed by atoms with Gasteiger partial charge in [-0.05, 0) is 18.9 Å². The molecule has 1 rings (SSSR count). The van der Waals surface area contributed by atoms with E-state index in [2.05, 4.69) is 5.32 Å². The number of carbonyl (C=O) groups is 1. The number of nitrogens with zero attached hydrogens (tertiary/aromatic N) is 1. The van der Waals surface area contributed by atoms with Gasteiger partial charge in [0, 0.05) is 12.6 Å². The van der Waals surface area contributed by atoms with E-state index in [9.17, 15) is 13.2 Å². The van der Waals surface area contributed by atoms with Crippen molar-refractivity contribution in [1.29, 1.82) is 0 Å². The molecule has 0 aliphatic heterocycles. The summed E-state index contributed by atoms with van der Waals surface area (Å²) in [6.45, 7) is 3.90. The first-order valence-electron chi connectivity index (χ1n) is 6.61. The van der Waals surface area contributed by atoms with Gasteiger partial charge in [-0.3, -0.25) is 4.79 Å². The molecule has 1 aromatic carbocycles. The Kier molecular flexibility index (Phi) is 6.16. The van der Waals surface area contributed by atoms with E-state index in [4.69, 9.17) is 0 Å². The quantitative estimate of drug-likeness (QED) is 0.826. The first-order chi connectivity index (χ1) is 9.32. The minimum Gasteiger partial charge on any atom is -0.353 e. The Labute approximate surface area is 121 Å². The molecule has 1 amide bonds. The van der Waals surface area contributed by atoms with Gasteiger partial charge in [0.25, 0.3) is 0 Å². The standard InChI is InChI=1S/C14H22N2O3S/c1-4-12(2)15-14(17)11-16(20(3,18)19)10-13-8-6-5-7-9-13/h5-9,12H,4,10-11H2,1-3H3,(H,15,17). The van der Waals surface area contributed by atoms with Crippen LogP contribution in [0.5, 0.6) is 0 Å². The van der Waals surface area contributed by atoms with E-state index in [1.165, 1.54) is 4.31 Å². The summed E-state index contributed by atoms with van der Waals surface area (Å²) in [5, 5.41) is 2.77. The SMILES string of the molecule is CCC(C)NC(=O)CN(Cc1ccccc1)S(C)(=O)=O. The summed E-state index contributed by atoms with van der Waals surface area (Å²) in [7, 11) is -3.43. The van der Waals surface area contributed by atoms with Crippen molar-refractivity contribution in [3.05, 3.63) is 35.9 Å². The van der Waals surface area contributed by atoms with Crippen molar-refractivity contribution in [2.75, 3.05) is 12.8 Å². The van der Waals surface area contributed by atoms with Gasteiger partial charge in [-0.1, -0.05) is 37.3 Å². The Morgan fingerprint density at radius 3 is 2.40 bits per heavy atom. The van der Waals surface area contributed by atoms with Crippen LogP contribution >= 0.6 is 0 Å². The van der Waals surface area contributed by atoms with Gasteiger partial charge in [0.1, 0.15) is 0 Å². The lowest BCUT2D eigenvalue weighted by molar-refractivity contribution is -0.122. The molecule has 1 unspecified atom stereocenters. The minimum absolute atomic E-state index is 0.0423. The van der Waals surface area contributed by atoms with Crippen LogP contribution in [-0.4, -0.2) is 37.5 Å². The second-order valence-electron chi connectivity index (χ2n) is 4.89. The molecule has 0 heterocycles. The first kappa shape index (κ1) is 16.7. The Balaban J connectivity index is 2.74. The zero-order valence-corrected chi connectivity index (χ0v) is 13.0. The fraction of sp³-hybridized carbons (Fsp3) is 0.500. The van der Waals surface area contributed by atoms with E-state index in [1.54, 1.807) is 0 Å². The predicted molar refractivity (Wildman–Crippen MR) is 79.6 cm³/mol. The average molecular weight is 298 g/mol. The minimum atomic E-state index is -3.43. The van der Waals surface area contributed by atoms with Crippen molar-refractivity contribution in [2.24, 2.45) is 0 Å². The molecule has 0 fully saturated rings. The molecule has 0 radical (unpaired) electrons. The normalized spacial score (nSPS) is 13.2. The highest BCUT2D eigenvalue weighted by Crippen LogP contribution is 2.08. The van der Waals surface area contributed by atoms with Crippen molar-refractivity contribution in [1.82, 2.24) is 9.62 Å². The molecule has 20 heavy (non-hydrogen) atoms. The Morgan fingerprint density at radius 1 is 1.30 bits per heavy atom. The molecular weight excluding hydrogens is 276 g/mol. The monoisotopic (exact) mass is 298 g/mol. The highest BCUT2D eigenvalue weighted by molar-refractivity contribution is 7.88. The van der Waals surface area contributed by atoms with Crippen LogP contribution in [0.25, 0.3) is 0 Å². The molecule has 0 saturated heterocycles. The van der Waals surface area contributed by atoms with Crippen LogP contribution in [0.4, 0.5) is 0 Å². The smallest absolute Gasteiger partial charge is 0.235 e. The van der Waals surface area contributed by atoms with E-state index in [0.29, 0.717) is 0 Å². The predicted octanol–water partition coefficient (Wildman–Crippen LogP) is 1.36. The van der Waals surface area contributed by atoms with Gasteiger partial charge >= 0.3 is 0 Å². The summed E-state index contributed by atoms with van der Waals surface area (Å²) in [6, 6.07) is 9.27. The van der Waals surface area contributed by atoms with Crippen molar-refractivity contribution < 1.29 is 13.2 Å². The molecule has 5 nitrogen and oxygen atoms in total. The fourth-order valence-corrected chi connectivity index (χ4v) is 2.40. The van der Waals surface area contributed by atoms with E-state index in [1.807, 2.05) is 44.2 Å². The lowest BCUT2D eigenvalue weighted by Crippen LogP contribution is -2.42. The van der Waals surface area contributed by atoms with Crippen molar-refractivity contribution in [2.45, 2.75) is 32.9 Å². The van der Waals surface area contributed by atoms with Crippen LogP contribution < -0.4 is 5.32 Å². The van der Waals surface area contributed by atoms with E-state index >= 15 is 0 Å². The summed E-state index contributed by atoms with van der Waals surface area (Å²) in [5.41, 5.74) is 0.856. The lowest BCUT2D eigenvalue weighted by Gasteiger charge is -2.21. The van der Waals surface area contributed by atoms with Gasteiger partial charge in [0.2, 0.25) is 15.9 Å². The molecule has 0 aliphatic rings. The average Bonchev–Trinajstić information content (AvgIpc) is 2.38. The summed E-state index contributed by atoms with van der Waals surface area (Å²) < 4.78 is 24.7. The second-order valence-corrected chi connectivity index (χ2v) is 6.88. The molecule has 112 valence electrons. The molecular formula is C14H22N2O3S. The van der Waals surface area contributed by atoms with Crippen LogP contribution in [0, 0.1) is 0 Å². The lowest BCUT2D eigenvalue weighted by atomic mass is 10.2. The van der Waals surface area contributed by atoms with Crippen LogP contribution in [-0.2, 0) is 21.4 Å². The maximum atomic E-state index is 11.8. The molecule has 0 aromatic heterocycles. The molecule has 0 spiro atoms. The van der Waals surface area contributed by atoms with Crippen molar-refractivity contribution >= 4 is 15.9 Å². The maximum Gasteiger partial charge on any atom is 0.235 e. The van der Waals surface area contributed by atoms with Crippen molar-refractivity contribution in [3.8, 4) is 0 Å². The number of nitrogens with one attached hydrogen (secondary N) is 1. The van der Waals surface area contributed by atoms with Gasteiger partial charge < -0.3 is 5.32 Å². The van der Waals surface area contributed by atoms with E-state index in [0.717, 1.165) is 18.2 Å². The molecule has 1 aromatic rings. The highest BCUT2D eigenvalue weighted by Gasteiger charge is 2.20. The van der Waals surface area contributed by atoms with E-state index < -0.39 is 10.0 Å². The summed E-state index contributed by atoms with van der Waals surface area (Å²) in [5.74, 6) is -0.277. The Hall–Kier alpha value is -1.40. The number of benzene rings is 1. The Bertz CT molecular complexity index is 529. The number of carbonyl (C=O) groups excluding carboxylic acids is 1. The van der Waals surface area contributed by atoms with Crippen LogP contribution in [0.2, 0.25) is 0 Å². The zero-order valence-electron chi connectivity index (χ0n) is 12.2. The largest absolute Gasteiger partial charge is 0.353 e. The number of rotatable bonds is 7. The van der Waals surface area contributed by atoms with Crippen LogP contribution in [0.15, 0.2) is 30.3 Å². The van der Waals surface area contributed by atoms with Crippen LogP contribution in [0.1, 0.15) is 25.8 Å². The molecule has 1 atom stereocenters. The molecule has 0 saturated carbocycles. The second kappa shape index (κ2) is 7.40. The maximum absolute atomic E-state index is 11.8. The summed E-state index contributed by atoms with van der Waals surface area (Å²) >= 11 is 0. The fourth-order valence-electron chi connectivity index (χ4n) is 1.66. The van der Waals surface area contributed by atoms with Crippen molar-refractivity contribution in [3.63, 3.8) is 0 Å². The Morgan fingerprint density at radius 2 is 1.90 bits per heavy atom.